The Morgan fingerprint density at radius 3 is 2.59 bits per heavy atom. The molecule has 0 amide bonds. The van der Waals surface area contributed by atoms with Gasteiger partial charge in [-0.15, -0.1) is 10.2 Å². The first-order chi connectivity index (χ1) is 18.8. The third-order valence-corrected chi connectivity index (χ3v) is 7.16. The van der Waals surface area contributed by atoms with Crippen molar-refractivity contribution in [2.75, 3.05) is 0 Å². The average molecular weight is 577 g/mol. The molecule has 11 nitrogen and oxygen atoms in total. The number of alkyl halides is 2. The molecule has 6 rings (SSSR count). The van der Waals surface area contributed by atoms with Crippen LogP contribution in [0, 0.1) is 16.9 Å². The summed E-state index contributed by atoms with van der Waals surface area (Å²) in [5.41, 5.74) is 1.40. The number of tetrazole rings is 1. The third-order valence-electron chi connectivity index (χ3n) is 6.51. The molecular formula is C23H17Cl2F3N10O. The van der Waals surface area contributed by atoms with Crippen LogP contribution in [0.3, 0.4) is 0 Å². The van der Waals surface area contributed by atoms with Crippen molar-refractivity contribution in [3.63, 3.8) is 0 Å². The fourth-order valence-electron chi connectivity index (χ4n) is 4.42. The van der Waals surface area contributed by atoms with Crippen LogP contribution in [0.1, 0.15) is 37.5 Å². The lowest BCUT2D eigenvalue weighted by Crippen LogP contribution is -2.35. The molecule has 5 aromatic rings. The maximum Gasteiger partial charge on any atom is 0.335 e. The lowest BCUT2D eigenvalue weighted by atomic mass is 10.0. The van der Waals surface area contributed by atoms with Crippen LogP contribution in [0.25, 0.3) is 28.1 Å². The zero-order chi connectivity index (χ0) is 27.3. The highest BCUT2D eigenvalue weighted by atomic mass is 35.5. The lowest BCUT2D eigenvalue weighted by molar-refractivity contribution is -0.615. The van der Waals surface area contributed by atoms with Gasteiger partial charge in [0.05, 0.1) is 28.0 Å². The van der Waals surface area contributed by atoms with E-state index < -0.39 is 18.4 Å². The summed E-state index contributed by atoms with van der Waals surface area (Å²) in [5, 5.41) is 35.5. The summed E-state index contributed by atoms with van der Waals surface area (Å²) in [7, 11) is 0. The van der Waals surface area contributed by atoms with Crippen LogP contribution in [0.4, 0.5) is 13.2 Å². The maximum absolute atomic E-state index is 15.2. The van der Waals surface area contributed by atoms with E-state index in [2.05, 4.69) is 30.9 Å². The van der Waals surface area contributed by atoms with Crippen molar-refractivity contribution in [3.05, 3.63) is 76.1 Å². The summed E-state index contributed by atoms with van der Waals surface area (Å²) in [4.78, 5) is 0. The van der Waals surface area contributed by atoms with Gasteiger partial charge in [0.15, 0.2) is 17.2 Å². The second-order valence-corrected chi connectivity index (χ2v) is 9.80. The molecule has 39 heavy (non-hydrogen) atoms. The van der Waals surface area contributed by atoms with E-state index in [4.69, 9.17) is 23.2 Å². The van der Waals surface area contributed by atoms with E-state index in [-0.39, 0.29) is 27.0 Å². The zero-order valence-electron chi connectivity index (χ0n) is 19.7. The predicted molar refractivity (Wildman–Crippen MR) is 132 cm³/mol. The van der Waals surface area contributed by atoms with Crippen molar-refractivity contribution in [2.45, 2.75) is 31.9 Å². The Balaban J connectivity index is 1.39. The number of benzene rings is 1. The van der Waals surface area contributed by atoms with Gasteiger partial charge < -0.3 is 5.21 Å². The average Bonchev–Trinajstić information content (AvgIpc) is 3.27. The Morgan fingerprint density at radius 2 is 1.92 bits per heavy atom. The SMILES string of the molecule is [O-][n+]1cc(-c2c(-n3cnnn3)ccc(Cl)c2F)ccc1[C@@H](CC1CC1)n1cc(-c2nnn(C(F)F)c2Cl)cn1. The maximum atomic E-state index is 15.2. The summed E-state index contributed by atoms with van der Waals surface area (Å²) in [5.74, 6) is -0.334. The van der Waals surface area contributed by atoms with Gasteiger partial charge in [-0.05, 0) is 41.0 Å². The molecular weight excluding hydrogens is 560 g/mol. The first-order valence-electron chi connectivity index (χ1n) is 11.7. The van der Waals surface area contributed by atoms with E-state index in [9.17, 15) is 14.0 Å². The molecule has 1 atom stereocenters. The second-order valence-electron chi connectivity index (χ2n) is 9.03. The molecule has 1 aliphatic carbocycles. The number of hydrogen-bond acceptors (Lipinski definition) is 7. The standard InChI is InChI=1S/C23H17Cl2F3N10O/c24-15-4-6-17(36-11-29-32-34-36)19(20(15)26)13-3-5-16(37(39)10-13)18(7-12-1-2-12)35-9-14(8-30-35)21-22(25)38(23(27)28)33-31-21/h3-6,8-12,18,23H,1-2,7H2/t18-/m1/s1. The van der Waals surface area contributed by atoms with E-state index in [0.717, 1.165) is 12.8 Å². The summed E-state index contributed by atoms with van der Waals surface area (Å²) in [6, 6.07) is 5.65. The molecule has 0 spiro atoms. The first kappa shape index (κ1) is 25.2. The number of nitrogens with zero attached hydrogens (tertiary/aromatic N) is 10. The third kappa shape index (κ3) is 4.69. The van der Waals surface area contributed by atoms with Gasteiger partial charge in [-0.1, -0.05) is 41.3 Å². The van der Waals surface area contributed by atoms with E-state index in [1.54, 1.807) is 29.1 Å². The van der Waals surface area contributed by atoms with Gasteiger partial charge in [-0.3, -0.25) is 4.68 Å². The topological polar surface area (TPSA) is 119 Å². The highest BCUT2D eigenvalue weighted by molar-refractivity contribution is 6.32. The molecule has 1 aromatic carbocycles. The van der Waals surface area contributed by atoms with Crippen molar-refractivity contribution in [2.24, 2.45) is 5.92 Å². The minimum absolute atomic E-state index is 0.0466. The second kappa shape index (κ2) is 9.93. The summed E-state index contributed by atoms with van der Waals surface area (Å²) in [6.45, 7) is -2.94. The molecule has 0 aliphatic heterocycles. The molecule has 0 radical (unpaired) electrons. The molecule has 4 heterocycles. The van der Waals surface area contributed by atoms with Gasteiger partial charge in [-0.25, -0.2) is 4.39 Å². The molecule has 1 aliphatic rings. The van der Waals surface area contributed by atoms with Crippen molar-refractivity contribution in [1.29, 1.82) is 0 Å². The van der Waals surface area contributed by atoms with E-state index >= 15 is 4.39 Å². The van der Waals surface area contributed by atoms with Gasteiger partial charge in [0.2, 0.25) is 5.69 Å². The van der Waals surface area contributed by atoms with Crippen LogP contribution < -0.4 is 4.73 Å². The van der Waals surface area contributed by atoms with Crippen LogP contribution in [0.5, 0.6) is 0 Å². The van der Waals surface area contributed by atoms with E-state index in [0.29, 0.717) is 38.7 Å². The van der Waals surface area contributed by atoms with Gasteiger partial charge >= 0.3 is 6.55 Å². The van der Waals surface area contributed by atoms with Gasteiger partial charge in [0.25, 0.3) is 0 Å². The Kier molecular flexibility index (Phi) is 6.43. The summed E-state index contributed by atoms with van der Waals surface area (Å²) < 4.78 is 45.2. The molecule has 4 aromatic heterocycles. The minimum Gasteiger partial charge on any atom is -0.618 e. The molecule has 16 heteroatoms. The van der Waals surface area contributed by atoms with Gasteiger partial charge in [-0.2, -0.15) is 28.0 Å². The molecule has 1 fully saturated rings. The molecule has 0 unspecified atom stereocenters. The smallest absolute Gasteiger partial charge is 0.335 e. The fraction of sp³-hybridized carbons (Fsp3) is 0.261. The zero-order valence-corrected chi connectivity index (χ0v) is 21.3. The van der Waals surface area contributed by atoms with E-state index in [1.165, 1.54) is 29.5 Å². The largest absolute Gasteiger partial charge is 0.618 e. The number of aromatic nitrogens is 10. The predicted octanol–water partition coefficient (Wildman–Crippen LogP) is 4.65. The first-order valence-corrected chi connectivity index (χ1v) is 12.5. The van der Waals surface area contributed by atoms with Crippen LogP contribution in [0.2, 0.25) is 10.2 Å². The Morgan fingerprint density at radius 1 is 1.10 bits per heavy atom. The lowest BCUT2D eigenvalue weighted by Gasteiger charge is -2.18. The van der Waals surface area contributed by atoms with Crippen molar-refractivity contribution in [3.8, 4) is 28.1 Å². The minimum atomic E-state index is -2.94. The van der Waals surface area contributed by atoms with Crippen LogP contribution in [-0.2, 0) is 0 Å². The molecule has 0 saturated heterocycles. The number of halogens is 5. The number of hydrogen-bond donors (Lipinski definition) is 0. The highest BCUT2D eigenvalue weighted by Crippen LogP contribution is 2.40. The fourth-order valence-corrected chi connectivity index (χ4v) is 4.84. The Bertz CT molecular complexity index is 1650. The number of pyridine rings is 1. The normalized spacial score (nSPS) is 14.3. The Hall–Kier alpha value is -4.04. The summed E-state index contributed by atoms with van der Waals surface area (Å²) in [6.07, 6.45) is 8.21. The van der Waals surface area contributed by atoms with Crippen LogP contribution >= 0.6 is 23.2 Å². The molecule has 200 valence electrons. The quantitative estimate of drug-likeness (QED) is 0.195. The van der Waals surface area contributed by atoms with Crippen molar-refractivity contribution in [1.82, 2.24) is 45.0 Å². The van der Waals surface area contributed by atoms with E-state index in [1.807, 2.05) is 0 Å². The summed E-state index contributed by atoms with van der Waals surface area (Å²) >= 11 is 12.1. The highest BCUT2D eigenvalue weighted by Gasteiger charge is 2.33. The molecule has 1 saturated carbocycles. The monoisotopic (exact) mass is 576 g/mol. The molecule has 0 bridgehead atoms. The van der Waals surface area contributed by atoms with Crippen molar-refractivity contribution >= 4 is 23.2 Å². The number of rotatable bonds is 8. The van der Waals surface area contributed by atoms with Gasteiger partial charge in [0.1, 0.15) is 18.1 Å². The molecule has 0 N–H and O–H groups in total. The van der Waals surface area contributed by atoms with Crippen LogP contribution in [-0.4, -0.2) is 45.0 Å². The Labute approximate surface area is 228 Å². The van der Waals surface area contributed by atoms with Gasteiger partial charge in [0, 0.05) is 17.8 Å². The van der Waals surface area contributed by atoms with Crippen molar-refractivity contribution < 1.29 is 17.9 Å². The van der Waals surface area contributed by atoms with Crippen LogP contribution in [0.15, 0.2) is 49.2 Å².